The maximum atomic E-state index is 11.5. The standard InChI is InChI=1S/3C12H22O3.C6H10O3.Al/c3*1-3-5-7-10(8-6-4-2)11(13)9-12(14)15;1-3-9-6(8)4-5(2)7;/h3*10H,3-9H2,1-2H3,(H,14,15);3-4H2,1-2H3;/q;;;;+3/p-3. The van der Waals surface area contributed by atoms with Gasteiger partial charge in [-0.1, -0.05) is 119 Å². The van der Waals surface area contributed by atoms with E-state index in [1.807, 2.05) is 0 Å². The van der Waals surface area contributed by atoms with Gasteiger partial charge >= 0.3 is 23.3 Å². The number of carboxylic acids is 3. The summed E-state index contributed by atoms with van der Waals surface area (Å²) in [7, 11) is 0. The summed E-state index contributed by atoms with van der Waals surface area (Å²) in [6.07, 6.45) is 15.8. The van der Waals surface area contributed by atoms with Crippen LogP contribution in [0.1, 0.15) is 197 Å². The van der Waals surface area contributed by atoms with Crippen LogP contribution in [-0.4, -0.2) is 71.0 Å². The number of carboxylic acid groups (broad SMARTS) is 3. The SMILES string of the molecule is CCCCC(CCCC)C(=O)CC(=O)[O-].CCCCC(CCCC)C(=O)CC(=O)[O-].CCCCC(CCCC)C(=O)CC(=O)[O-].CCOC(=O)CC(C)=O.[Al+3]. The van der Waals surface area contributed by atoms with Crippen LogP contribution < -0.4 is 15.3 Å². The number of esters is 1. The average molecular weight is 797 g/mol. The van der Waals surface area contributed by atoms with Gasteiger partial charge in [0.15, 0.2) is 0 Å². The van der Waals surface area contributed by atoms with Gasteiger partial charge < -0.3 is 34.4 Å². The quantitative estimate of drug-likeness (QED) is 0.0519. The van der Waals surface area contributed by atoms with Crippen LogP contribution in [-0.2, 0) is 43.1 Å². The smallest absolute Gasteiger partial charge is 0.550 e. The second kappa shape index (κ2) is 43.8. The Morgan fingerprint density at radius 3 is 0.782 bits per heavy atom. The Labute approximate surface area is 342 Å². The van der Waals surface area contributed by atoms with Crippen LogP contribution in [0.25, 0.3) is 0 Å². The molecule has 0 spiro atoms. The molecule has 0 aliphatic rings. The molecule has 316 valence electrons. The molecule has 0 N–H and O–H groups in total. The second-order valence-electron chi connectivity index (χ2n) is 13.7. The van der Waals surface area contributed by atoms with Crippen molar-refractivity contribution in [1.82, 2.24) is 0 Å². The molecule has 0 aromatic heterocycles. The van der Waals surface area contributed by atoms with Gasteiger partial charge in [-0.25, -0.2) is 0 Å². The van der Waals surface area contributed by atoms with Gasteiger partial charge in [-0.3, -0.25) is 24.0 Å². The van der Waals surface area contributed by atoms with Gasteiger partial charge in [0.25, 0.3) is 0 Å². The molecule has 0 aromatic carbocycles. The Morgan fingerprint density at radius 2 is 0.636 bits per heavy atom. The average Bonchev–Trinajstić information content (AvgIpc) is 3.08. The van der Waals surface area contributed by atoms with E-state index < -0.39 is 43.1 Å². The van der Waals surface area contributed by atoms with E-state index in [2.05, 4.69) is 46.3 Å². The van der Waals surface area contributed by atoms with Crippen LogP contribution in [0.5, 0.6) is 0 Å². The molecule has 0 fully saturated rings. The predicted octanol–water partition coefficient (Wildman–Crippen LogP) is 5.22. The van der Waals surface area contributed by atoms with Crippen LogP contribution in [0.3, 0.4) is 0 Å². The van der Waals surface area contributed by atoms with Gasteiger partial charge in [-0.05, 0) is 52.4 Å². The number of ketones is 4. The van der Waals surface area contributed by atoms with Crippen molar-refractivity contribution in [2.45, 2.75) is 197 Å². The molecular weight excluding hydrogens is 723 g/mol. The topological polar surface area (TPSA) is 215 Å². The number of Topliss-reactive ketones (excluding diaryl/α,β-unsaturated/α-hetero) is 4. The normalized spacial score (nSPS) is 10.1. The van der Waals surface area contributed by atoms with Crippen molar-refractivity contribution in [3.63, 3.8) is 0 Å². The molecule has 0 saturated heterocycles. The third-order valence-electron chi connectivity index (χ3n) is 8.46. The molecular formula is C42H73AlO12. The van der Waals surface area contributed by atoms with E-state index >= 15 is 0 Å². The van der Waals surface area contributed by atoms with Crippen LogP contribution in [0.2, 0.25) is 0 Å². The summed E-state index contributed by atoms with van der Waals surface area (Å²) in [5.74, 6) is -5.02. The first kappa shape index (κ1) is 61.3. The van der Waals surface area contributed by atoms with Crippen molar-refractivity contribution in [1.29, 1.82) is 0 Å². The number of hydrogen-bond donors (Lipinski definition) is 0. The molecule has 0 aliphatic carbocycles. The fourth-order valence-corrected chi connectivity index (χ4v) is 5.38. The van der Waals surface area contributed by atoms with Crippen molar-refractivity contribution in [2.75, 3.05) is 6.61 Å². The molecule has 13 heteroatoms. The van der Waals surface area contributed by atoms with Crippen LogP contribution in [0.15, 0.2) is 0 Å². The first-order chi connectivity index (χ1) is 25.5. The monoisotopic (exact) mass is 796 g/mol. The summed E-state index contributed by atoms with van der Waals surface area (Å²) in [5.41, 5.74) is 0. The van der Waals surface area contributed by atoms with Crippen molar-refractivity contribution in [3.8, 4) is 0 Å². The van der Waals surface area contributed by atoms with Gasteiger partial charge in [0.05, 0.1) is 6.61 Å². The number of unbranched alkanes of at least 4 members (excludes halogenated alkanes) is 6. The molecule has 0 saturated carbocycles. The number of rotatable bonds is 30. The maximum absolute atomic E-state index is 11.5. The third-order valence-corrected chi connectivity index (χ3v) is 8.46. The van der Waals surface area contributed by atoms with Gasteiger partial charge in [0, 0.05) is 54.9 Å². The Balaban J connectivity index is -0.000000204. The Kier molecular flexibility index (Phi) is 48.8. The van der Waals surface area contributed by atoms with E-state index in [1.54, 1.807) is 6.92 Å². The number of carbonyl (C=O) groups excluding carboxylic acids is 8. The molecule has 0 bridgehead atoms. The van der Waals surface area contributed by atoms with E-state index in [4.69, 9.17) is 0 Å². The van der Waals surface area contributed by atoms with E-state index in [0.29, 0.717) is 6.61 Å². The summed E-state index contributed by atoms with van der Waals surface area (Å²) in [5, 5.41) is 31.0. The minimum absolute atomic E-state index is 0. The molecule has 12 nitrogen and oxygen atoms in total. The minimum Gasteiger partial charge on any atom is -0.550 e. The molecule has 0 rings (SSSR count). The molecule has 0 radical (unpaired) electrons. The number of aliphatic carboxylic acids is 3. The van der Waals surface area contributed by atoms with Crippen molar-refractivity contribution in [3.05, 3.63) is 0 Å². The van der Waals surface area contributed by atoms with Gasteiger partial charge in [-0.15, -0.1) is 0 Å². The molecule has 0 amide bonds. The minimum atomic E-state index is -1.25. The molecule has 0 aromatic rings. The number of ether oxygens (including phenoxy) is 1. The van der Waals surface area contributed by atoms with Crippen LogP contribution in [0, 0.1) is 17.8 Å². The summed E-state index contributed by atoms with van der Waals surface area (Å²) >= 11 is 0. The fraction of sp³-hybridized carbons (Fsp3) is 0.810. The molecule has 55 heavy (non-hydrogen) atoms. The summed E-state index contributed by atoms with van der Waals surface area (Å²) in [6.45, 7) is 15.8. The Bertz CT molecular complexity index is 915. The van der Waals surface area contributed by atoms with Crippen molar-refractivity contribution < 1.29 is 58.4 Å². The van der Waals surface area contributed by atoms with E-state index in [9.17, 15) is 53.7 Å². The Hall–Kier alpha value is -2.91. The zero-order valence-corrected chi connectivity index (χ0v) is 36.6. The van der Waals surface area contributed by atoms with E-state index in [0.717, 1.165) is 116 Å². The molecule has 0 atom stereocenters. The first-order valence-corrected chi connectivity index (χ1v) is 20.3. The second-order valence-corrected chi connectivity index (χ2v) is 13.7. The fourth-order valence-electron chi connectivity index (χ4n) is 5.38. The number of hydrogen-bond acceptors (Lipinski definition) is 12. The zero-order valence-electron chi connectivity index (χ0n) is 35.5. The van der Waals surface area contributed by atoms with Crippen LogP contribution >= 0.6 is 0 Å². The van der Waals surface area contributed by atoms with E-state index in [-0.39, 0.29) is 64.7 Å². The van der Waals surface area contributed by atoms with Gasteiger partial charge in [0.2, 0.25) is 0 Å². The Morgan fingerprint density at radius 1 is 0.418 bits per heavy atom. The van der Waals surface area contributed by atoms with E-state index in [1.165, 1.54) is 6.92 Å². The maximum Gasteiger partial charge on any atom is 3.00 e. The summed E-state index contributed by atoms with van der Waals surface area (Å²) in [6, 6.07) is 0. The summed E-state index contributed by atoms with van der Waals surface area (Å²) < 4.78 is 4.49. The number of carbonyl (C=O) groups is 8. The predicted molar refractivity (Wildman–Crippen MR) is 209 cm³/mol. The van der Waals surface area contributed by atoms with Gasteiger partial charge in [-0.2, -0.15) is 0 Å². The largest absolute Gasteiger partial charge is 3.00 e. The van der Waals surface area contributed by atoms with Crippen molar-refractivity contribution >= 4 is 64.4 Å². The molecule has 0 aliphatic heterocycles. The first-order valence-electron chi connectivity index (χ1n) is 20.3. The molecule has 0 heterocycles. The molecule has 0 unspecified atom stereocenters. The van der Waals surface area contributed by atoms with Gasteiger partial charge in [0.1, 0.15) is 29.6 Å². The summed E-state index contributed by atoms with van der Waals surface area (Å²) in [4.78, 5) is 86.3. The zero-order chi connectivity index (χ0) is 42.3. The third kappa shape index (κ3) is 45.4. The van der Waals surface area contributed by atoms with Crippen LogP contribution in [0.4, 0.5) is 0 Å². The van der Waals surface area contributed by atoms with Crippen molar-refractivity contribution in [2.24, 2.45) is 17.8 Å².